The van der Waals surface area contributed by atoms with Gasteiger partial charge in [0, 0.05) is 28.9 Å². The van der Waals surface area contributed by atoms with Crippen molar-refractivity contribution in [1.29, 1.82) is 0 Å². The van der Waals surface area contributed by atoms with E-state index in [4.69, 9.17) is 0 Å². The van der Waals surface area contributed by atoms with Crippen LogP contribution in [0.5, 0.6) is 0 Å². The number of rotatable bonds is 7. The molecule has 3 N–H and O–H groups in total. The lowest BCUT2D eigenvalue weighted by Gasteiger charge is -2.20. The Morgan fingerprint density at radius 3 is 2.19 bits per heavy atom. The van der Waals surface area contributed by atoms with Gasteiger partial charge in [-0.15, -0.1) is 0 Å². The van der Waals surface area contributed by atoms with Gasteiger partial charge in [-0.05, 0) is 52.8 Å². The second-order valence-electron chi connectivity index (χ2n) is 8.64. The maximum atomic E-state index is 12.7. The number of hydrogen-bond acceptors (Lipinski definition) is 6. The SMILES string of the molecule is CC(C)Nc1cc(Nc2cccc(S(=O)(=O)NC(C)(C)C)c2)nc(-c2ccccc2)n1. The van der Waals surface area contributed by atoms with E-state index in [1.54, 1.807) is 30.3 Å². The Balaban J connectivity index is 1.95. The van der Waals surface area contributed by atoms with Crippen LogP contribution in [-0.4, -0.2) is 30.0 Å². The van der Waals surface area contributed by atoms with E-state index >= 15 is 0 Å². The molecule has 0 spiro atoms. The first kappa shape index (κ1) is 22.7. The standard InChI is InChI=1S/C23H29N5O2S/c1-16(2)24-20-15-21(27-22(26-20)17-10-7-6-8-11-17)25-18-12-9-13-19(14-18)31(29,30)28-23(3,4)5/h6-16,28H,1-5H3,(H2,24,25,26,27). The Bertz CT molecular complexity index is 1140. The molecule has 3 rings (SSSR count). The van der Waals surface area contributed by atoms with E-state index in [-0.39, 0.29) is 10.9 Å². The summed E-state index contributed by atoms with van der Waals surface area (Å²) in [6.07, 6.45) is 0. The number of nitrogens with one attached hydrogen (secondary N) is 3. The number of aromatic nitrogens is 2. The van der Waals surface area contributed by atoms with Crippen molar-refractivity contribution in [1.82, 2.24) is 14.7 Å². The third-order valence-corrected chi connectivity index (χ3v) is 5.81. The van der Waals surface area contributed by atoms with Crippen molar-refractivity contribution in [3.05, 3.63) is 60.7 Å². The highest BCUT2D eigenvalue weighted by molar-refractivity contribution is 7.89. The van der Waals surface area contributed by atoms with Gasteiger partial charge in [0.05, 0.1) is 4.90 Å². The topological polar surface area (TPSA) is 96.0 Å². The van der Waals surface area contributed by atoms with E-state index < -0.39 is 15.6 Å². The van der Waals surface area contributed by atoms with Crippen LogP contribution < -0.4 is 15.4 Å². The molecule has 0 aliphatic rings. The number of nitrogens with zero attached hydrogens (tertiary/aromatic N) is 2. The zero-order chi connectivity index (χ0) is 22.6. The van der Waals surface area contributed by atoms with Crippen molar-refractivity contribution in [3.63, 3.8) is 0 Å². The molecule has 0 radical (unpaired) electrons. The van der Waals surface area contributed by atoms with Gasteiger partial charge < -0.3 is 10.6 Å². The summed E-state index contributed by atoms with van der Waals surface area (Å²) >= 11 is 0. The number of hydrogen-bond donors (Lipinski definition) is 3. The maximum Gasteiger partial charge on any atom is 0.241 e. The molecule has 7 nitrogen and oxygen atoms in total. The van der Waals surface area contributed by atoms with Gasteiger partial charge in [-0.2, -0.15) is 0 Å². The summed E-state index contributed by atoms with van der Waals surface area (Å²) in [5.74, 6) is 1.83. The van der Waals surface area contributed by atoms with Crippen molar-refractivity contribution in [3.8, 4) is 11.4 Å². The highest BCUT2D eigenvalue weighted by Gasteiger charge is 2.22. The van der Waals surface area contributed by atoms with Gasteiger partial charge in [0.1, 0.15) is 11.6 Å². The van der Waals surface area contributed by atoms with E-state index in [1.807, 2.05) is 65.0 Å². The second kappa shape index (κ2) is 9.03. The Hall–Kier alpha value is -2.97. The summed E-state index contributed by atoms with van der Waals surface area (Å²) < 4.78 is 28.1. The molecule has 3 aromatic rings. The van der Waals surface area contributed by atoms with Crippen molar-refractivity contribution in [2.45, 2.75) is 51.1 Å². The zero-order valence-electron chi connectivity index (χ0n) is 18.5. The van der Waals surface area contributed by atoms with Crippen LogP contribution >= 0.6 is 0 Å². The van der Waals surface area contributed by atoms with Crippen LogP contribution in [0.25, 0.3) is 11.4 Å². The Morgan fingerprint density at radius 1 is 0.871 bits per heavy atom. The number of benzene rings is 2. The summed E-state index contributed by atoms with van der Waals surface area (Å²) in [4.78, 5) is 9.43. The van der Waals surface area contributed by atoms with Gasteiger partial charge in [-0.25, -0.2) is 23.1 Å². The van der Waals surface area contributed by atoms with Gasteiger partial charge >= 0.3 is 0 Å². The van der Waals surface area contributed by atoms with Crippen molar-refractivity contribution in [2.75, 3.05) is 10.6 Å². The smallest absolute Gasteiger partial charge is 0.241 e. The van der Waals surface area contributed by atoms with Gasteiger partial charge in [-0.3, -0.25) is 0 Å². The minimum absolute atomic E-state index is 0.185. The van der Waals surface area contributed by atoms with Crippen LogP contribution in [0, 0.1) is 0 Å². The average molecular weight is 440 g/mol. The van der Waals surface area contributed by atoms with E-state index in [0.717, 1.165) is 5.56 Å². The van der Waals surface area contributed by atoms with E-state index in [0.29, 0.717) is 23.1 Å². The molecule has 0 unspecified atom stereocenters. The molecular formula is C23H29N5O2S. The third kappa shape index (κ3) is 6.50. The Labute approximate surface area is 184 Å². The highest BCUT2D eigenvalue weighted by atomic mass is 32.2. The molecule has 8 heteroatoms. The number of anilines is 3. The monoisotopic (exact) mass is 439 g/mol. The van der Waals surface area contributed by atoms with Crippen LogP contribution in [-0.2, 0) is 10.0 Å². The van der Waals surface area contributed by atoms with Crippen molar-refractivity contribution < 1.29 is 8.42 Å². The Morgan fingerprint density at radius 2 is 1.55 bits per heavy atom. The van der Waals surface area contributed by atoms with Crippen molar-refractivity contribution >= 4 is 27.3 Å². The summed E-state index contributed by atoms with van der Waals surface area (Å²) in [5.41, 5.74) is 0.936. The number of sulfonamides is 1. The quantitative estimate of drug-likeness (QED) is 0.490. The molecule has 1 heterocycles. The fourth-order valence-electron chi connectivity index (χ4n) is 2.95. The first-order valence-electron chi connectivity index (χ1n) is 10.1. The molecule has 1 aromatic heterocycles. The largest absolute Gasteiger partial charge is 0.368 e. The summed E-state index contributed by atoms with van der Waals surface area (Å²) in [7, 11) is -3.64. The van der Waals surface area contributed by atoms with Gasteiger partial charge in [-0.1, -0.05) is 36.4 Å². The van der Waals surface area contributed by atoms with Crippen LogP contribution in [0.4, 0.5) is 17.3 Å². The minimum atomic E-state index is -3.64. The van der Waals surface area contributed by atoms with Crippen molar-refractivity contribution in [2.24, 2.45) is 0 Å². The van der Waals surface area contributed by atoms with Gasteiger partial charge in [0.15, 0.2) is 5.82 Å². The van der Waals surface area contributed by atoms with Gasteiger partial charge in [0.25, 0.3) is 0 Å². The molecule has 0 amide bonds. The predicted octanol–water partition coefficient (Wildman–Crippen LogP) is 4.78. The van der Waals surface area contributed by atoms with E-state index in [9.17, 15) is 8.42 Å². The molecule has 0 fully saturated rings. The normalized spacial score (nSPS) is 12.1. The maximum absolute atomic E-state index is 12.7. The molecule has 0 aliphatic carbocycles. The molecule has 0 bridgehead atoms. The Kier molecular flexibility index (Phi) is 6.62. The lowest BCUT2D eigenvalue weighted by molar-refractivity contribution is 0.491. The predicted molar refractivity (Wildman–Crippen MR) is 126 cm³/mol. The first-order chi connectivity index (χ1) is 14.5. The van der Waals surface area contributed by atoms with Crippen LogP contribution in [0.15, 0.2) is 65.6 Å². The molecule has 0 aliphatic heterocycles. The summed E-state index contributed by atoms with van der Waals surface area (Å²) in [6.45, 7) is 9.49. The fraction of sp³-hybridized carbons (Fsp3) is 0.304. The van der Waals surface area contributed by atoms with E-state index in [1.165, 1.54) is 0 Å². The summed E-state index contributed by atoms with van der Waals surface area (Å²) in [5, 5.41) is 6.53. The molecule has 0 saturated heterocycles. The van der Waals surface area contributed by atoms with Crippen LogP contribution in [0.2, 0.25) is 0 Å². The van der Waals surface area contributed by atoms with Gasteiger partial charge in [0.2, 0.25) is 10.0 Å². The first-order valence-corrected chi connectivity index (χ1v) is 11.6. The molecular weight excluding hydrogens is 410 g/mol. The third-order valence-electron chi connectivity index (χ3n) is 4.05. The summed E-state index contributed by atoms with van der Waals surface area (Å²) in [6, 6.07) is 18.4. The van der Waals surface area contributed by atoms with E-state index in [2.05, 4.69) is 25.3 Å². The molecule has 2 aromatic carbocycles. The lowest BCUT2D eigenvalue weighted by Crippen LogP contribution is -2.40. The lowest BCUT2D eigenvalue weighted by atomic mass is 10.1. The molecule has 0 atom stereocenters. The second-order valence-corrected chi connectivity index (χ2v) is 10.3. The molecule has 31 heavy (non-hydrogen) atoms. The van der Waals surface area contributed by atoms with Crippen LogP contribution in [0.3, 0.4) is 0 Å². The fourth-order valence-corrected chi connectivity index (χ4v) is 4.41. The minimum Gasteiger partial charge on any atom is -0.368 e. The molecule has 164 valence electrons. The molecule has 0 saturated carbocycles. The average Bonchev–Trinajstić information content (AvgIpc) is 2.66. The van der Waals surface area contributed by atoms with Crippen LogP contribution in [0.1, 0.15) is 34.6 Å². The highest BCUT2D eigenvalue weighted by Crippen LogP contribution is 2.24. The zero-order valence-corrected chi connectivity index (χ0v) is 19.3.